The lowest BCUT2D eigenvalue weighted by atomic mass is 10.0. The predicted molar refractivity (Wildman–Crippen MR) is 73.3 cm³/mol. The van der Waals surface area contributed by atoms with E-state index in [0.29, 0.717) is 11.1 Å². The third-order valence-corrected chi connectivity index (χ3v) is 2.40. The van der Waals surface area contributed by atoms with Crippen LogP contribution in [0.2, 0.25) is 0 Å². The highest BCUT2D eigenvalue weighted by Crippen LogP contribution is 2.10. The lowest BCUT2D eigenvalue weighted by molar-refractivity contribution is -0.117. The van der Waals surface area contributed by atoms with E-state index in [1.807, 2.05) is 13.0 Å². The Hall–Kier alpha value is -2.32. The van der Waals surface area contributed by atoms with Gasteiger partial charge < -0.3 is 16.8 Å². The van der Waals surface area contributed by atoms with E-state index in [4.69, 9.17) is 11.5 Å². The van der Waals surface area contributed by atoms with E-state index in [0.717, 1.165) is 5.56 Å². The van der Waals surface area contributed by atoms with E-state index in [2.05, 4.69) is 17.2 Å². The number of nitrogens with two attached hydrogens (primary N) is 2. The average molecular weight is 259 g/mol. The van der Waals surface area contributed by atoms with Gasteiger partial charge in [0.25, 0.3) is 5.91 Å². The van der Waals surface area contributed by atoms with Crippen LogP contribution in [-0.4, -0.2) is 24.9 Å². The van der Waals surface area contributed by atoms with Gasteiger partial charge in [0.15, 0.2) is 0 Å². The first-order valence-corrected chi connectivity index (χ1v) is 5.90. The molecule has 19 heavy (non-hydrogen) atoms. The quantitative estimate of drug-likeness (QED) is 0.659. The van der Waals surface area contributed by atoms with Gasteiger partial charge >= 0.3 is 0 Å². The molecule has 0 fully saturated rings. The van der Waals surface area contributed by atoms with Crippen molar-refractivity contribution in [3.05, 3.63) is 34.9 Å². The first-order valence-electron chi connectivity index (χ1n) is 5.90. The molecule has 0 aliphatic rings. The van der Waals surface area contributed by atoms with Gasteiger partial charge in [0.05, 0.1) is 12.1 Å². The van der Waals surface area contributed by atoms with Crippen molar-refractivity contribution in [3.63, 3.8) is 0 Å². The Morgan fingerprint density at radius 3 is 2.74 bits per heavy atom. The Bertz CT molecular complexity index is 541. The monoisotopic (exact) mass is 259 g/mol. The fraction of sp³-hybridized carbons (Fsp3) is 0.286. The van der Waals surface area contributed by atoms with Crippen LogP contribution in [0.15, 0.2) is 18.2 Å². The fourth-order valence-electron chi connectivity index (χ4n) is 1.50. The number of carbonyl (C=O) groups is 2. The minimum Gasteiger partial charge on any atom is -0.370 e. The number of benzene rings is 1. The molecule has 1 aromatic rings. The summed E-state index contributed by atoms with van der Waals surface area (Å²) in [5.41, 5.74) is 12.4. The predicted octanol–water partition coefficient (Wildman–Crippen LogP) is -0.0896. The Balaban J connectivity index is 2.87. The summed E-state index contributed by atoms with van der Waals surface area (Å²) in [6.45, 7) is 2.34. The van der Waals surface area contributed by atoms with Crippen molar-refractivity contribution in [2.24, 2.45) is 11.5 Å². The first-order chi connectivity index (χ1) is 9.04. The Morgan fingerprint density at radius 1 is 1.37 bits per heavy atom. The molecule has 0 saturated carbocycles. The second-order valence-electron chi connectivity index (χ2n) is 4.03. The molecule has 100 valence electrons. The molecule has 1 aromatic carbocycles. The number of amides is 2. The van der Waals surface area contributed by atoms with Gasteiger partial charge in [0.1, 0.15) is 0 Å². The van der Waals surface area contributed by atoms with Gasteiger partial charge in [-0.3, -0.25) is 9.59 Å². The molecule has 5 N–H and O–H groups in total. The highest BCUT2D eigenvalue weighted by molar-refractivity contribution is 5.97. The zero-order valence-electron chi connectivity index (χ0n) is 10.8. The first kappa shape index (κ1) is 14.7. The Morgan fingerprint density at radius 2 is 2.11 bits per heavy atom. The summed E-state index contributed by atoms with van der Waals surface area (Å²) in [7, 11) is 0. The number of aryl methyl sites for hydroxylation is 1. The van der Waals surface area contributed by atoms with Gasteiger partial charge in [-0.05, 0) is 19.1 Å². The van der Waals surface area contributed by atoms with Crippen LogP contribution in [0.5, 0.6) is 0 Å². The molecule has 0 saturated heterocycles. The molecule has 0 aliphatic heterocycles. The highest BCUT2D eigenvalue weighted by atomic mass is 16.2. The molecule has 1 rings (SSSR count). The van der Waals surface area contributed by atoms with Gasteiger partial charge in [0.2, 0.25) is 5.91 Å². The van der Waals surface area contributed by atoms with Crippen molar-refractivity contribution in [2.45, 2.75) is 13.3 Å². The zero-order chi connectivity index (χ0) is 14.3. The highest BCUT2D eigenvalue weighted by Gasteiger charge is 2.10. The van der Waals surface area contributed by atoms with E-state index in [1.165, 1.54) is 0 Å². The van der Waals surface area contributed by atoms with Crippen LogP contribution in [0, 0.1) is 18.8 Å². The van der Waals surface area contributed by atoms with Crippen LogP contribution in [0.25, 0.3) is 0 Å². The maximum Gasteiger partial charge on any atom is 0.252 e. The van der Waals surface area contributed by atoms with E-state index in [-0.39, 0.29) is 25.4 Å². The fourth-order valence-corrected chi connectivity index (χ4v) is 1.50. The molecule has 0 aliphatic carbocycles. The summed E-state index contributed by atoms with van der Waals surface area (Å²) in [4.78, 5) is 22.6. The molecule has 0 radical (unpaired) electrons. The number of hydrogen-bond acceptors (Lipinski definition) is 3. The van der Waals surface area contributed by atoms with Crippen LogP contribution in [-0.2, 0) is 4.79 Å². The average Bonchev–Trinajstić information content (AvgIpc) is 2.36. The van der Waals surface area contributed by atoms with E-state index < -0.39 is 5.91 Å². The van der Waals surface area contributed by atoms with E-state index >= 15 is 0 Å². The third-order valence-electron chi connectivity index (χ3n) is 2.40. The van der Waals surface area contributed by atoms with Crippen LogP contribution in [0.3, 0.4) is 0 Å². The molecule has 0 aromatic heterocycles. The molecule has 0 bridgehead atoms. The smallest absolute Gasteiger partial charge is 0.252 e. The zero-order valence-corrected chi connectivity index (χ0v) is 10.8. The lowest BCUT2D eigenvalue weighted by Gasteiger charge is -2.07. The molecule has 2 amide bonds. The van der Waals surface area contributed by atoms with Crippen molar-refractivity contribution >= 4 is 11.8 Å². The molecular formula is C14H17N3O2. The topological polar surface area (TPSA) is 98.2 Å². The molecule has 5 heteroatoms. The standard InChI is InChI=1S/C14H17N3O2/c1-10-4-5-11(3-2-7-15)12(9-10)14(19)17-8-6-13(16)18/h4-5,9H,6-8,15H2,1H3,(H2,16,18)(H,17,19). The number of primary amides is 1. The van der Waals surface area contributed by atoms with Crippen molar-refractivity contribution in [3.8, 4) is 11.8 Å². The van der Waals surface area contributed by atoms with Crippen LogP contribution >= 0.6 is 0 Å². The minimum absolute atomic E-state index is 0.112. The number of rotatable bonds is 4. The van der Waals surface area contributed by atoms with Crippen molar-refractivity contribution < 1.29 is 9.59 Å². The molecule has 0 spiro atoms. The second kappa shape index (κ2) is 7.19. The van der Waals surface area contributed by atoms with Crippen molar-refractivity contribution in [1.29, 1.82) is 0 Å². The molecular weight excluding hydrogens is 242 g/mol. The van der Waals surface area contributed by atoms with E-state index in [9.17, 15) is 9.59 Å². The maximum absolute atomic E-state index is 12.0. The molecule has 5 nitrogen and oxygen atoms in total. The van der Waals surface area contributed by atoms with Gasteiger partial charge in [-0.15, -0.1) is 0 Å². The Labute approximate surface area is 112 Å². The van der Waals surface area contributed by atoms with Crippen LogP contribution < -0.4 is 16.8 Å². The van der Waals surface area contributed by atoms with Crippen molar-refractivity contribution in [1.82, 2.24) is 5.32 Å². The summed E-state index contributed by atoms with van der Waals surface area (Å²) in [5.74, 6) is 4.85. The molecule has 0 unspecified atom stereocenters. The number of hydrogen-bond donors (Lipinski definition) is 3. The summed E-state index contributed by atoms with van der Waals surface area (Å²) in [6.07, 6.45) is 0.112. The second-order valence-corrected chi connectivity index (χ2v) is 4.03. The summed E-state index contributed by atoms with van der Waals surface area (Å²) >= 11 is 0. The van der Waals surface area contributed by atoms with Gasteiger partial charge in [0, 0.05) is 18.5 Å². The Kier molecular flexibility index (Phi) is 5.58. The summed E-state index contributed by atoms with van der Waals surface area (Å²) in [5, 5.41) is 2.64. The van der Waals surface area contributed by atoms with Crippen LogP contribution in [0.4, 0.5) is 0 Å². The van der Waals surface area contributed by atoms with Crippen LogP contribution in [0.1, 0.15) is 27.9 Å². The lowest BCUT2D eigenvalue weighted by Crippen LogP contribution is -2.28. The largest absolute Gasteiger partial charge is 0.370 e. The molecule has 0 heterocycles. The van der Waals surface area contributed by atoms with Gasteiger partial charge in [-0.1, -0.05) is 23.5 Å². The normalized spacial score (nSPS) is 9.37. The number of carbonyl (C=O) groups excluding carboxylic acids is 2. The van der Waals surface area contributed by atoms with Crippen molar-refractivity contribution in [2.75, 3.05) is 13.1 Å². The molecule has 0 atom stereocenters. The van der Waals surface area contributed by atoms with Gasteiger partial charge in [-0.2, -0.15) is 0 Å². The van der Waals surface area contributed by atoms with E-state index in [1.54, 1.807) is 12.1 Å². The third kappa shape index (κ3) is 4.82. The summed E-state index contributed by atoms with van der Waals surface area (Å²) < 4.78 is 0. The maximum atomic E-state index is 12.0. The minimum atomic E-state index is -0.451. The summed E-state index contributed by atoms with van der Waals surface area (Å²) in [6, 6.07) is 5.40. The number of nitrogens with one attached hydrogen (secondary N) is 1. The van der Waals surface area contributed by atoms with Gasteiger partial charge in [-0.25, -0.2) is 0 Å². The SMILES string of the molecule is Cc1ccc(C#CCN)c(C(=O)NCCC(N)=O)c1.